The molecule has 2 saturated heterocycles. The molecule has 2 aliphatic rings. The van der Waals surface area contributed by atoms with Crippen molar-refractivity contribution in [3.8, 4) is 0 Å². The van der Waals surface area contributed by atoms with Gasteiger partial charge in [0.15, 0.2) is 0 Å². The van der Waals surface area contributed by atoms with Crippen LogP contribution in [0.25, 0.3) is 0 Å². The Bertz CT molecular complexity index is 711. The van der Waals surface area contributed by atoms with Crippen molar-refractivity contribution in [1.82, 2.24) is 19.9 Å². The van der Waals surface area contributed by atoms with E-state index in [0.717, 1.165) is 62.8 Å². The molecule has 27 heavy (non-hydrogen) atoms. The normalized spacial score (nSPS) is 24.3. The Labute approximate surface area is 161 Å². The molecule has 2 atom stereocenters. The molecule has 0 spiro atoms. The fourth-order valence-corrected chi connectivity index (χ4v) is 4.29. The second kappa shape index (κ2) is 8.25. The third-order valence-corrected chi connectivity index (χ3v) is 5.73. The van der Waals surface area contributed by atoms with Crippen molar-refractivity contribution >= 4 is 11.6 Å². The minimum absolute atomic E-state index is 0.237. The number of hydrogen-bond acceptors (Lipinski definition) is 6. The molecular weight excluding hydrogens is 340 g/mol. The summed E-state index contributed by atoms with van der Waals surface area (Å²) in [4.78, 5) is 19.0. The van der Waals surface area contributed by atoms with E-state index in [1.807, 2.05) is 12.4 Å². The van der Waals surface area contributed by atoms with E-state index >= 15 is 0 Å². The summed E-state index contributed by atoms with van der Waals surface area (Å²) in [6, 6.07) is 2.39. The van der Waals surface area contributed by atoms with Crippen molar-refractivity contribution in [2.75, 3.05) is 29.9 Å². The molecule has 2 N–H and O–H groups in total. The molecular formula is C20H30N6O. The molecule has 4 heterocycles. The third kappa shape index (κ3) is 4.24. The first-order valence-electron chi connectivity index (χ1n) is 10.1. The maximum absolute atomic E-state index is 5.99. The highest BCUT2D eigenvalue weighted by atomic mass is 16.5. The van der Waals surface area contributed by atoms with Gasteiger partial charge in [-0.05, 0) is 31.6 Å². The Morgan fingerprint density at radius 1 is 1.19 bits per heavy atom. The SMILES string of the molecule is CC(C)[C@H]1OCCC[C@H]1Nc1cc(N2CCC(c3ncc[nH]3)CC2)ncn1. The number of aromatic nitrogens is 4. The number of nitrogens with one attached hydrogen (secondary N) is 2. The van der Waals surface area contributed by atoms with Crippen LogP contribution in [0.4, 0.5) is 11.6 Å². The summed E-state index contributed by atoms with van der Waals surface area (Å²) in [5.41, 5.74) is 0. The first kappa shape index (κ1) is 18.2. The molecule has 0 radical (unpaired) electrons. The fraction of sp³-hybridized carbons (Fsp3) is 0.650. The van der Waals surface area contributed by atoms with E-state index < -0.39 is 0 Å². The Morgan fingerprint density at radius 2 is 2.04 bits per heavy atom. The van der Waals surface area contributed by atoms with Crippen LogP contribution in [0.3, 0.4) is 0 Å². The zero-order valence-corrected chi connectivity index (χ0v) is 16.3. The van der Waals surface area contributed by atoms with Crippen LogP contribution in [0, 0.1) is 5.92 Å². The predicted molar refractivity (Wildman–Crippen MR) is 106 cm³/mol. The Hall–Kier alpha value is -2.15. The molecule has 7 heteroatoms. The maximum atomic E-state index is 5.99. The largest absolute Gasteiger partial charge is 0.376 e. The topological polar surface area (TPSA) is 79.0 Å². The Balaban J connectivity index is 1.39. The average molecular weight is 371 g/mol. The summed E-state index contributed by atoms with van der Waals surface area (Å²) >= 11 is 0. The van der Waals surface area contributed by atoms with E-state index in [2.05, 4.69) is 50.1 Å². The standard InChI is InChI=1S/C20H30N6O/c1-14(2)19-16(4-3-11-27-19)25-17-12-18(24-13-23-17)26-9-5-15(6-10-26)20-21-7-8-22-20/h7-8,12-16,19H,3-6,9-11H2,1-2H3,(H,21,22)(H,23,24,25)/t16-,19-/m1/s1. The summed E-state index contributed by atoms with van der Waals surface area (Å²) in [6.07, 6.45) is 10.0. The van der Waals surface area contributed by atoms with Crippen LogP contribution < -0.4 is 10.2 Å². The van der Waals surface area contributed by atoms with Crippen LogP contribution in [0.1, 0.15) is 51.3 Å². The second-order valence-corrected chi connectivity index (χ2v) is 7.97. The minimum atomic E-state index is 0.237. The van der Waals surface area contributed by atoms with Gasteiger partial charge in [0.1, 0.15) is 23.8 Å². The molecule has 0 bridgehead atoms. The van der Waals surface area contributed by atoms with Crippen molar-refractivity contribution < 1.29 is 4.74 Å². The summed E-state index contributed by atoms with van der Waals surface area (Å²) in [5, 5.41) is 3.61. The van der Waals surface area contributed by atoms with Gasteiger partial charge in [-0.25, -0.2) is 15.0 Å². The highest BCUT2D eigenvalue weighted by Crippen LogP contribution is 2.29. The molecule has 0 amide bonds. The lowest BCUT2D eigenvalue weighted by atomic mass is 9.93. The molecule has 2 aromatic heterocycles. The van der Waals surface area contributed by atoms with Gasteiger partial charge in [0.05, 0.1) is 12.1 Å². The molecule has 146 valence electrons. The second-order valence-electron chi connectivity index (χ2n) is 7.97. The number of rotatable bonds is 5. The van der Waals surface area contributed by atoms with E-state index in [9.17, 15) is 0 Å². The molecule has 0 unspecified atom stereocenters. The van der Waals surface area contributed by atoms with Gasteiger partial charge in [-0.1, -0.05) is 13.8 Å². The van der Waals surface area contributed by atoms with Gasteiger partial charge in [0, 0.05) is 44.1 Å². The number of anilines is 2. The van der Waals surface area contributed by atoms with E-state index in [1.54, 1.807) is 6.33 Å². The quantitative estimate of drug-likeness (QED) is 0.841. The van der Waals surface area contributed by atoms with E-state index in [-0.39, 0.29) is 6.10 Å². The maximum Gasteiger partial charge on any atom is 0.134 e. The highest BCUT2D eigenvalue weighted by Gasteiger charge is 2.29. The number of imidazole rings is 1. The van der Waals surface area contributed by atoms with Crippen molar-refractivity contribution in [2.45, 2.75) is 57.6 Å². The van der Waals surface area contributed by atoms with Crippen molar-refractivity contribution in [2.24, 2.45) is 5.92 Å². The van der Waals surface area contributed by atoms with Crippen LogP contribution in [-0.2, 0) is 4.74 Å². The highest BCUT2D eigenvalue weighted by molar-refractivity contribution is 5.49. The van der Waals surface area contributed by atoms with Crippen molar-refractivity contribution in [3.63, 3.8) is 0 Å². The first-order chi connectivity index (χ1) is 13.2. The number of nitrogens with zero attached hydrogens (tertiary/aromatic N) is 4. The number of H-pyrrole nitrogens is 1. The Kier molecular flexibility index (Phi) is 5.57. The number of hydrogen-bond donors (Lipinski definition) is 2. The zero-order valence-electron chi connectivity index (χ0n) is 16.3. The number of ether oxygens (including phenoxy) is 1. The predicted octanol–water partition coefficient (Wildman–Crippen LogP) is 3.20. The van der Waals surface area contributed by atoms with Gasteiger partial charge in [-0.2, -0.15) is 0 Å². The molecule has 4 rings (SSSR count). The van der Waals surface area contributed by atoms with Gasteiger partial charge in [0.25, 0.3) is 0 Å². The lowest BCUT2D eigenvalue weighted by Gasteiger charge is -2.35. The molecule has 0 saturated carbocycles. The molecule has 2 aromatic rings. The van der Waals surface area contributed by atoms with Crippen LogP contribution in [-0.4, -0.2) is 51.8 Å². The lowest BCUT2D eigenvalue weighted by molar-refractivity contribution is -0.0203. The van der Waals surface area contributed by atoms with Gasteiger partial charge >= 0.3 is 0 Å². The Morgan fingerprint density at radius 3 is 2.78 bits per heavy atom. The summed E-state index contributed by atoms with van der Waals surface area (Å²) in [7, 11) is 0. The lowest BCUT2D eigenvalue weighted by Crippen LogP contribution is -2.43. The van der Waals surface area contributed by atoms with E-state index in [4.69, 9.17) is 4.74 Å². The molecule has 0 aromatic carbocycles. The van der Waals surface area contributed by atoms with Gasteiger partial charge in [-0.15, -0.1) is 0 Å². The smallest absolute Gasteiger partial charge is 0.134 e. The van der Waals surface area contributed by atoms with Crippen LogP contribution in [0.15, 0.2) is 24.8 Å². The molecule has 2 aliphatic heterocycles. The fourth-order valence-electron chi connectivity index (χ4n) is 4.29. The van der Waals surface area contributed by atoms with E-state index in [1.165, 1.54) is 0 Å². The zero-order chi connectivity index (χ0) is 18.6. The molecule has 0 aliphatic carbocycles. The van der Waals surface area contributed by atoms with Crippen molar-refractivity contribution in [3.05, 3.63) is 30.6 Å². The summed E-state index contributed by atoms with van der Waals surface area (Å²) < 4.78 is 5.99. The summed E-state index contributed by atoms with van der Waals surface area (Å²) in [6.45, 7) is 7.28. The number of piperidine rings is 1. The minimum Gasteiger partial charge on any atom is -0.376 e. The monoisotopic (exact) mass is 370 g/mol. The molecule has 2 fully saturated rings. The van der Waals surface area contributed by atoms with Gasteiger partial charge in [0.2, 0.25) is 0 Å². The van der Waals surface area contributed by atoms with Crippen LogP contribution in [0.2, 0.25) is 0 Å². The summed E-state index contributed by atoms with van der Waals surface area (Å²) in [5.74, 6) is 4.01. The van der Waals surface area contributed by atoms with E-state index in [0.29, 0.717) is 17.9 Å². The van der Waals surface area contributed by atoms with Gasteiger partial charge < -0.3 is 19.9 Å². The van der Waals surface area contributed by atoms with Crippen LogP contribution >= 0.6 is 0 Å². The van der Waals surface area contributed by atoms with Crippen molar-refractivity contribution in [1.29, 1.82) is 0 Å². The van der Waals surface area contributed by atoms with Crippen LogP contribution in [0.5, 0.6) is 0 Å². The molecule has 7 nitrogen and oxygen atoms in total. The first-order valence-corrected chi connectivity index (χ1v) is 10.1. The van der Waals surface area contributed by atoms with Gasteiger partial charge in [-0.3, -0.25) is 0 Å². The average Bonchev–Trinajstić information content (AvgIpc) is 3.23. The number of aromatic amines is 1. The third-order valence-electron chi connectivity index (χ3n) is 5.73.